The van der Waals surface area contributed by atoms with Crippen molar-refractivity contribution in [2.75, 3.05) is 13.1 Å². The first-order valence-electron chi connectivity index (χ1n) is 6.71. The lowest BCUT2D eigenvalue weighted by Gasteiger charge is -2.26. The molecule has 1 aliphatic rings. The lowest BCUT2D eigenvalue weighted by atomic mass is 10.0. The summed E-state index contributed by atoms with van der Waals surface area (Å²) in [5.74, 6) is 0.563. The monoisotopic (exact) mass is 232 g/mol. The summed E-state index contributed by atoms with van der Waals surface area (Å²) < 4.78 is 0. The molecule has 1 aromatic rings. The predicted molar refractivity (Wildman–Crippen MR) is 72.9 cm³/mol. The van der Waals surface area contributed by atoms with Crippen molar-refractivity contribution in [2.45, 2.75) is 39.3 Å². The molecule has 1 heterocycles. The van der Waals surface area contributed by atoms with Gasteiger partial charge in [0.2, 0.25) is 0 Å². The van der Waals surface area contributed by atoms with E-state index in [0.29, 0.717) is 12.0 Å². The van der Waals surface area contributed by atoms with Gasteiger partial charge in [-0.2, -0.15) is 0 Å². The van der Waals surface area contributed by atoms with E-state index < -0.39 is 0 Å². The Morgan fingerprint density at radius 3 is 2.65 bits per heavy atom. The summed E-state index contributed by atoms with van der Waals surface area (Å²) in [5.41, 5.74) is 9.19. The Balaban J connectivity index is 2.03. The number of benzene rings is 1. The smallest absolute Gasteiger partial charge is 0.0237 e. The van der Waals surface area contributed by atoms with Crippen molar-refractivity contribution < 1.29 is 0 Å². The molecule has 0 aromatic heterocycles. The van der Waals surface area contributed by atoms with E-state index in [9.17, 15) is 0 Å². The van der Waals surface area contributed by atoms with E-state index in [1.807, 2.05) is 0 Å². The number of nitrogens with zero attached hydrogens (tertiary/aromatic N) is 1. The summed E-state index contributed by atoms with van der Waals surface area (Å²) in [5, 5.41) is 0. The fourth-order valence-corrected chi connectivity index (χ4v) is 2.43. The highest BCUT2D eigenvalue weighted by molar-refractivity contribution is 5.28. The van der Waals surface area contributed by atoms with Crippen molar-refractivity contribution in [3.05, 3.63) is 35.4 Å². The van der Waals surface area contributed by atoms with Crippen LogP contribution in [0.1, 0.15) is 31.4 Å². The largest absolute Gasteiger partial charge is 0.326 e. The maximum absolute atomic E-state index is 6.18. The second kappa shape index (κ2) is 5.65. The van der Waals surface area contributed by atoms with Crippen molar-refractivity contribution >= 4 is 0 Å². The third-order valence-electron chi connectivity index (χ3n) is 3.76. The van der Waals surface area contributed by atoms with Gasteiger partial charge < -0.3 is 5.73 Å². The Bertz CT molecular complexity index is 360. The molecule has 2 heteroatoms. The lowest BCUT2D eigenvalue weighted by Crippen LogP contribution is -2.40. The zero-order valence-electron chi connectivity index (χ0n) is 11.0. The van der Waals surface area contributed by atoms with Gasteiger partial charge in [-0.15, -0.1) is 0 Å². The third kappa shape index (κ3) is 3.30. The maximum atomic E-state index is 6.18. The zero-order valence-corrected chi connectivity index (χ0v) is 11.0. The van der Waals surface area contributed by atoms with E-state index in [1.165, 1.54) is 30.5 Å². The van der Waals surface area contributed by atoms with E-state index in [4.69, 9.17) is 5.73 Å². The molecule has 0 amide bonds. The minimum Gasteiger partial charge on any atom is -0.326 e. The molecule has 17 heavy (non-hydrogen) atoms. The average molecular weight is 232 g/mol. The maximum Gasteiger partial charge on any atom is 0.0237 e. The quantitative estimate of drug-likeness (QED) is 0.867. The van der Waals surface area contributed by atoms with Crippen LogP contribution in [-0.2, 0) is 13.0 Å². The molecule has 1 atom stereocenters. The van der Waals surface area contributed by atoms with Crippen molar-refractivity contribution in [3.63, 3.8) is 0 Å². The second-order valence-electron chi connectivity index (χ2n) is 5.52. The van der Waals surface area contributed by atoms with E-state index in [-0.39, 0.29) is 0 Å². The summed E-state index contributed by atoms with van der Waals surface area (Å²) >= 11 is 0. The first-order valence-corrected chi connectivity index (χ1v) is 6.71. The fraction of sp³-hybridized carbons (Fsp3) is 0.600. The van der Waals surface area contributed by atoms with Crippen molar-refractivity contribution in [1.29, 1.82) is 0 Å². The molecule has 0 radical (unpaired) electrons. The van der Waals surface area contributed by atoms with Crippen LogP contribution >= 0.6 is 0 Å². The SMILES string of the molecule is CC(C)C(N)CN1CCCc2ccccc2C1. The Morgan fingerprint density at radius 2 is 1.94 bits per heavy atom. The summed E-state index contributed by atoms with van der Waals surface area (Å²) in [6.07, 6.45) is 2.46. The van der Waals surface area contributed by atoms with E-state index in [1.54, 1.807) is 0 Å². The van der Waals surface area contributed by atoms with Gasteiger partial charge in [0.15, 0.2) is 0 Å². The standard InChI is InChI=1S/C15H24N2/c1-12(2)15(16)11-17-9-5-8-13-6-3-4-7-14(13)10-17/h3-4,6-7,12,15H,5,8-11,16H2,1-2H3. The van der Waals surface area contributed by atoms with Crippen LogP contribution in [0.15, 0.2) is 24.3 Å². The molecule has 2 N–H and O–H groups in total. The van der Waals surface area contributed by atoms with Crippen LogP contribution in [0, 0.1) is 5.92 Å². The molecule has 2 nitrogen and oxygen atoms in total. The third-order valence-corrected chi connectivity index (χ3v) is 3.76. The Labute approximate surface area is 105 Å². The number of hydrogen-bond acceptors (Lipinski definition) is 2. The zero-order chi connectivity index (χ0) is 12.3. The number of aryl methyl sites for hydroxylation is 1. The number of hydrogen-bond donors (Lipinski definition) is 1. The topological polar surface area (TPSA) is 29.3 Å². The van der Waals surface area contributed by atoms with Gasteiger partial charge in [-0.3, -0.25) is 4.90 Å². The summed E-state index contributed by atoms with van der Waals surface area (Å²) in [4.78, 5) is 2.51. The van der Waals surface area contributed by atoms with E-state index >= 15 is 0 Å². The average Bonchev–Trinajstić information content (AvgIpc) is 2.50. The van der Waals surface area contributed by atoms with Crippen LogP contribution in [0.25, 0.3) is 0 Å². The van der Waals surface area contributed by atoms with Crippen molar-refractivity contribution in [2.24, 2.45) is 11.7 Å². The van der Waals surface area contributed by atoms with Crippen molar-refractivity contribution in [1.82, 2.24) is 4.90 Å². The minimum absolute atomic E-state index is 0.292. The molecular formula is C15H24N2. The van der Waals surface area contributed by atoms with E-state index in [2.05, 4.69) is 43.0 Å². The summed E-state index contributed by atoms with van der Waals surface area (Å²) in [7, 11) is 0. The fourth-order valence-electron chi connectivity index (χ4n) is 2.43. The van der Waals surface area contributed by atoms with Gasteiger partial charge in [0.05, 0.1) is 0 Å². The normalized spacial score (nSPS) is 18.8. The number of rotatable bonds is 3. The van der Waals surface area contributed by atoms with E-state index in [0.717, 1.165) is 13.1 Å². The van der Waals surface area contributed by atoms with Crippen LogP contribution in [0.5, 0.6) is 0 Å². The Kier molecular flexibility index (Phi) is 4.19. The summed E-state index contributed by atoms with van der Waals surface area (Å²) in [6.45, 7) is 7.67. The number of nitrogens with two attached hydrogens (primary N) is 1. The highest BCUT2D eigenvalue weighted by Gasteiger charge is 2.17. The first kappa shape index (κ1) is 12.6. The van der Waals surface area contributed by atoms with Crippen LogP contribution in [0.4, 0.5) is 0 Å². The molecule has 0 saturated carbocycles. The molecule has 94 valence electrons. The van der Waals surface area contributed by atoms with Gasteiger partial charge >= 0.3 is 0 Å². The molecule has 2 rings (SSSR count). The molecule has 0 saturated heterocycles. The van der Waals surface area contributed by atoms with Gasteiger partial charge in [-0.25, -0.2) is 0 Å². The van der Waals surface area contributed by atoms with Gasteiger partial charge in [-0.1, -0.05) is 38.1 Å². The molecule has 0 aliphatic carbocycles. The second-order valence-corrected chi connectivity index (χ2v) is 5.52. The van der Waals surface area contributed by atoms with Gasteiger partial charge in [0, 0.05) is 19.1 Å². The lowest BCUT2D eigenvalue weighted by molar-refractivity contribution is 0.233. The minimum atomic E-state index is 0.292. The van der Waals surface area contributed by atoms with Gasteiger partial charge in [0.1, 0.15) is 0 Å². The highest BCUT2D eigenvalue weighted by Crippen LogP contribution is 2.18. The molecule has 1 aliphatic heterocycles. The number of fused-ring (bicyclic) bond motifs is 1. The Morgan fingerprint density at radius 1 is 1.24 bits per heavy atom. The van der Waals surface area contributed by atoms with Crippen molar-refractivity contribution in [3.8, 4) is 0 Å². The highest BCUT2D eigenvalue weighted by atomic mass is 15.1. The molecule has 0 fully saturated rings. The summed E-state index contributed by atoms with van der Waals surface area (Å²) in [6, 6.07) is 9.11. The van der Waals surface area contributed by atoms with Gasteiger partial charge in [-0.05, 0) is 36.4 Å². The van der Waals surface area contributed by atoms with Crippen LogP contribution < -0.4 is 5.73 Å². The molecule has 1 aromatic carbocycles. The predicted octanol–water partition coefficient (Wildman–Crippen LogP) is 2.42. The molecule has 0 spiro atoms. The van der Waals surface area contributed by atoms with Crippen LogP contribution in [-0.4, -0.2) is 24.0 Å². The Hall–Kier alpha value is -0.860. The van der Waals surface area contributed by atoms with Gasteiger partial charge in [0.25, 0.3) is 0 Å². The van der Waals surface area contributed by atoms with Crippen LogP contribution in [0.3, 0.4) is 0 Å². The molecular weight excluding hydrogens is 208 g/mol. The molecule has 1 unspecified atom stereocenters. The first-order chi connectivity index (χ1) is 8.16. The van der Waals surface area contributed by atoms with Crippen LogP contribution in [0.2, 0.25) is 0 Å². The molecule has 0 bridgehead atoms.